The zero-order chi connectivity index (χ0) is 19.2. The number of piperidine rings is 1. The van der Waals surface area contributed by atoms with Crippen molar-refractivity contribution in [1.82, 2.24) is 24.0 Å². The average molecular weight is 393 g/mol. The molecule has 1 fully saturated rings. The van der Waals surface area contributed by atoms with Crippen LogP contribution in [0.2, 0.25) is 0 Å². The van der Waals surface area contributed by atoms with E-state index in [9.17, 15) is 12.8 Å². The SMILES string of the molecule is Cc1cc(S(=O)(=O)N2CCn3c(nnc3C3CCCN(C)C3)C2)ccc1F. The van der Waals surface area contributed by atoms with E-state index in [1.807, 2.05) is 0 Å². The standard InChI is InChI=1S/C18H24FN5O2S/c1-13-10-15(5-6-16(13)19)27(25,26)23-8-9-24-17(12-23)20-21-18(24)14-4-3-7-22(2)11-14/h5-6,10,14H,3-4,7-9,11-12H2,1-2H3. The number of hydrogen-bond donors (Lipinski definition) is 0. The fraction of sp³-hybridized carbons (Fsp3) is 0.556. The van der Waals surface area contributed by atoms with Gasteiger partial charge >= 0.3 is 0 Å². The second kappa shape index (κ2) is 6.96. The molecule has 2 aliphatic rings. The van der Waals surface area contributed by atoms with Gasteiger partial charge in [0.2, 0.25) is 10.0 Å². The summed E-state index contributed by atoms with van der Waals surface area (Å²) in [6.07, 6.45) is 2.22. The summed E-state index contributed by atoms with van der Waals surface area (Å²) in [5, 5.41) is 8.66. The number of hydrogen-bond acceptors (Lipinski definition) is 5. The summed E-state index contributed by atoms with van der Waals surface area (Å²) < 4.78 is 42.9. The Labute approximate surface area is 158 Å². The van der Waals surface area contributed by atoms with E-state index in [4.69, 9.17) is 0 Å². The smallest absolute Gasteiger partial charge is 0.243 e. The van der Waals surface area contributed by atoms with Gasteiger partial charge in [-0.2, -0.15) is 4.31 Å². The highest BCUT2D eigenvalue weighted by atomic mass is 32.2. The quantitative estimate of drug-likeness (QED) is 0.794. The van der Waals surface area contributed by atoms with Gasteiger partial charge in [-0.15, -0.1) is 10.2 Å². The zero-order valence-corrected chi connectivity index (χ0v) is 16.4. The lowest BCUT2D eigenvalue weighted by atomic mass is 9.97. The van der Waals surface area contributed by atoms with Crippen LogP contribution in [-0.2, 0) is 23.1 Å². The molecule has 2 aliphatic heterocycles. The van der Waals surface area contributed by atoms with Crippen molar-refractivity contribution >= 4 is 10.0 Å². The Balaban J connectivity index is 1.57. The number of likely N-dealkylation sites (N-methyl/N-ethyl adjacent to an activating group) is 1. The number of likely N-dealkylation sites (tertiary alicyclic amines) is 1. The Hall–Kier alpha value is -1.84. The maximum absolute atomic E-state index is 13.5. The summed E-state index contributed by atoms with van der Waals surface area (Å²) in [4.78, 5) is 2.41. The van der Waals surface area contributed by atoms with Crippen LogP contribution in [0.15, 0.2) is 23.1 Å². The van der Waals surface area contributed by atoms with Gasteiger partial charge in [-0.25, -0.2) is 12.8 Å². The molecule has 2 aromatic rings. The number of sulfonamides is 1. The van der Waals surface area contributed by atoms with Crippen LogP contribution in [0.4, 0.5) is 4.39 Å². The number of fused-ring (bicyclic) bond motifs is 1. The Bertz CT molecular complexity index is 959. The van der Waals surface area contributed by atoms with Gasteiger partial charge < -0.3 is 9.47 Å². The van der Waals surface area contributed by atoms with Crippen molar-refractivity contribution < 1.29 is 12.8 Å². The van der Waals surface area contributed by atoms with Gasteiger partial charge in [-0.1, -0.05) is 0 Å². The van der Waals surface area contributed by atoms with Crippen molar-refractivity contribution in [2.75, 3.05) is 26.7 Å². The first-order chi connectivity index (χ1) is 12.9. The van der Waals surface area contributed by atoms with Crippen molar-refractivity contribution in [3.63, 3.8) is 0 Å². The summed E-state index contributed by atoms with van der Waals surface area (Å²) >= 11 is 0. The van der Waals surface area contributed by atoms with Crippen LogP contribution in [0.1, 0.15) is 36.0 Å². The highest BCUT2D eigenvalue weighted by Crippen LogP contribution is 2.28. The Morgan fingerprint density at radius 2 is 2.00 bits per heavy atom. The largest absolute Gasteiger partial charge is 0.312 e. The molecule has 3 heterocycles. The lowest BCUT2D eigenvalue weighted by Gasteiger charge is -2.31. The lowest BCUT2D eigenvalue weighted by Crippen LogP contribution is -2.39. The van der Waals surface area contributed by atoms with Crippen molar-refractivity contribution in [3.8, 4) is 0 Å². The molecule has 1 unspecified atom stereocenters. The van der Waals surface area contributed by atoms with Crippen molar-refractivity contribution in [2.24, 2.45) is 0 Å². The maximum atomic E-state index is 13.5. The van der Waals surface area contributed by atoms with Gasteiger partial charge in [0.25, 0.3) is 0 Å². The van der Waals surface area contributed by atoms with Crippen molar-refractivity contribution in [2.45, 2.75) is 43.7 Å². The first kappa shape index (κ1) is 18.5. The molecule has 1 aromatic carbocycles. The van der Waals surface area contributed by atoms with Gasteiger partial charge in [0.1, 0.15) is 17.5 Å². The molecule has 1 atom stereocenters. The molecule has 0 radical (unpaired) electrons. The number of nitrogens with zero attached hydrogens (tertiary/aromatic N) is 5. The Morgan fingerprint density at radius 3 is 2.74 bits per heavy atom. The minimum atomic E-state index is -3.69. The van der Waals surface area contributed by atoms with Gasteiger partial charge in [0.15, 0.2) is 0 Å². The van der Waals surface area contributed by atoms with Gasteiger partial charge in [0, 0.05) is 25.6 Å². The van der Waals surface area contributed by atoms with Crippen LogP contribution in [0, 0.1) is 12.7 Å². The van der Waals surface area contributed by atoms with E-state index in [2.05, 4.69) is 26.7 Å². The van der Waals surface area contributed by atoms with Crippen LogP contribution in [0.25, 0.3) is 0 Å². The highest BCUT2D eigenvalue weighted by Gasteiger charge is 2.33. The topological polar surface area (TPSA) is 71.3 Å². The molecule has 1 aromatic heterocycles. The molecule has 7 nitrogen and oxygen atoms in total. The molecule has 1 saturated heterocycles. The monoisotopic (exact) mass is 393 g/mol. The van der Waals surface area contributed by atoms with E-state index in [0.29, 0.717) is 30.4 Å². The lowest BCUT2D eigenvalue weighted by molar-refractivity contribution is 0.239. The third-order valence-electron chi connectivity index (χ3n) is 5.50. The minimum Gasteiger partial charge on any atom is -0.312 e. The van der Waals surface area contributed by atoms with Gasteiger partial charge in [-0.3, -0.25) is 0 Å². The molecule has 4 rings (SSSR count). The Morgan fingerprint density at radius 1 is 1.19 bits per heavy atom. The van der Waals surface area contributed by atoms with Gasteiger partial charge in [0.05, 0.1) is 11.4 Å². The second-order valence-corrected chi connectivity index (χ2v) is 9.41. The fourth-order valence-corrected chi connectivity index (χ4v) is 5.44. The minimum absolute atomic E-state index is 0.114. The average Bonchev–Trinajstić information content (AvgIpc) is 3.07. The molecule has 0 amide bonds. The van der Waals surface area contributed by atoms with E-state index in [0.717, 1.165) is 31.8 Å². The zero-order valence-electron chi connectivity index (χ0n) is 15.6. The Kier molecular flexibility index (Phi) is 4.77. The predicted octanol–water partition coefficient (Wildman–Crippen LogP) is 1.74. The molecule has 0 spiro atoms. The molecule has 0 N–H and O–H groups in total. The van der Waals surface area contributed by atoms with Gasteiger partial charge in [-0.05, 0) is 57.1 Å². The molecule has 9 heteroatoms. The van der Waals surface area contributed by atoms with Crippen LogP contribution < -0.4 is 0 Å². The maximum Gasteiger partial charge on any atom is 0.243 e. The summed E-state index contributed by atoms with van der Waals surface area (Å²) in [6.45, 7) is 4.70. The molecule has 27 heavy (non-hydrogen) atoms. The number of aromatic nitrogens is 3. The summed E-state index contributed by atoms with van der Waals surface area (Å²) in [5.74, 6) is 1.57. The predicted molar refractivity (Wildman–Crippen MR) is 98.2 cm³/mol. The van der Waals surface area contributed by atoms with E-state index in [1.165, 1.54) is 22.5 Å². The highest BCUT2D eigenvalue weighted by molar-refractivity contribution is 7.89. The van der Waals surface area contributed by atoms with E-state index >= 15 is 0 Å². The molecule has 0 aliphatic carbocycles. The van der Waals surface area contributed by atoms with Crippen LogP contribution >= 0.6 is 0 Å². The van der Waals surface area contributed by atoms with E-state index < -0.39 is 15.8 Å². The third-order valence-corrected chi connectivity index (χ3v) is 7.34. The molecular formula is C18H24FN5O2S. The summed E-state index contributed by atoms with van der Waals surface area (Å²) in [7, 11) is -1.58. The van der Waals surface area contributed by atoms with E-state index in [-0.39, 0.29) is 11.4 Å². The second-order valence-electron chi connectivity index (χ2n) is 7.48. The molecule has 146 valence electrons. The van der Waals surface area contributed by atoms with Crippen LogP contribution in [-0.4, -0.2) is 59.1 Å². The molecular weight excluding hydrogens is 369 g/mol. The number of halogens is 1. The summed E-state index contributed by atoms with van der Waals surface area (Å²) in [6, 6.07) is 3.90. The van der Waals surface area contributed by atoms with Crippen LogP contribution in [0.3, 0.4) is 0 Å². The third kappa shape index (κ3) is 3.39. The molecule has 0 saturated carbocycles. The number of rotatable bonds is 3. The normalized spacial score (nSPS) is 22.0. The first-order valence-corrected chi connectivity index (χ1v) is 10.7. The molecule has 0 bridgehead atoms. The van der Waals surface area contributed by atoms with E-state index in [1.54, 1.807) is 6.92 Å². The fourth-order valence-electron chi connectivity index (χ4n) is 3.97. The van der Waals surface area contributed by atoms with Crippen molar-refractivity contribution in [1.29, 1.82) is 0 Å². The first-order valence-electron chi connectivity index (χ1n) is 9.23. The number of benzene rings is 1. The van der Waals surface area contributed by atoms with Crippen molar-refractivity contribution in [3.05, 3.63) is 41.2 Å². The van der Waals surface area contributed by atoms with Crippen LogP contribution in [0.5, 0.6) is 0 Å². The summed E-state index contributed by atoms with van der Waals surface area (Å²) in [5.41, 5.74) is 0.319. The number of aryl methyl sites for hydroxylation is 1.